The van der Waals surface area contributed by atoms with E-state index in [2.05, 4.69) is 10.2 Å². The fourth-order valence-electron chi connectivity index (χ4n) is 3.33. The third-order valence-corrected chi connectivity index (χ3v) is 4.89. The van der Waals surface area contributed by atoms with E-state index in [0.29, 0.717) is 36.2 Å². The van der Waals surface area contributed by atoms with Crippen LogP contribution in [0.25, 0.3) is 11.5 Å². The second-order valence-electron chi connectivity index (χ2n) is 6.60. The van der Waals surface area contributed by atoms with Gasteiger partial charge in [0.1, 0.15) is 5.75 Å². The molecule has 29 heavy (non-hydrogen) atoms. The quantitative estimate of drug-likeness (QED) is 0.634. The summed E-state index contributed by atoms with van der Waals surface area (Å²) in [5.41, 5.74) is 3.02. The van der Waals surface area contributed by atoms with Gasteiger partial charge in [-0.15, -0.1) is 10.2 Å². The fourth-order valence-corrected chi connectivity index (χ4v) is 3.33. The summed E-state index contributed by atoms with van der Waals surface area (Å²) in [5.74, 6) is 2.35. The molecule has 0 bridgehead atoms. The lowest BCUT2D eigenvalue weighted by Gasteiger charge is -2.29. The van der Waals surface area contributed by atoms with Crippen LogP contribution in [0, 0.1) is 0 Å². The van der Waals surface area contributed by atoms with Crippen LogP contribution in [0.2, 0.25) is 0 Å². The summed E-state index contributed by atoms with van der Waals surface area (Å²) in [6.45, 7) is 1.14. The summed E-state index contributed by atoms with van der Waals surface area (Å²) in [6.07, 6.45) is 2.04. The lowest BCUT2D eigenvalue weighted by Crippen LogP contribution is -2.38. The summed E-state index contributed by atoms with van der Waals surface area (Å²) < 4.78 is 21.5. The van der Waals surface area contributed by atoms with Crippen LogP contribution in [0.1, 0.15) is 11.1 Å². The predicted octanol–water partition coefficient (Wildman–Crippen LogP) is 2.72. The lowest BCUT2D eigenvalue weighted by molar-refractivity contribution is -0.134. The zero-order chi connectivity index (χ0) is 20.2. The zero-order valence-electron chi connectivity index (χ0n) is 16.3. The van der Waals surface area contributed by atoms with Crippen LogP contribution in [0.4, 0.5) is 0 Å². The summed E-state index contributed by atoms with van der Waals surface area (Å²) in [5, 5.41) is 7.51. The van der Waals surface area contributed by atoms with E-state index in [9.17, 15) is 4.79 Å². The second kappa shape index (κ2) is 8.22. The molecule has 0 saturated carbocycles. The maximum absolute atomic E-state index is 12.6. The molecule has 1 aromatic heterocycles. The van der Waals surface area contributed by atoms with Crippen molar-refractivity contribution in [1.29, 1.82) is 0 Å². The number of amides is 1. The average molecular weight is 395 g/mol. The standard InChI is InChI=1S/C21H21N3O5/c1-26-18-9-15-7-8-24(11-16(15)10-19(18)27-2)20(25)12-28-17-5-3-14(4-6-17)21-23-22-13-29-21/h3-6,9-10,13H,7-8,11-12H2,1-2H3. The molecule has 3 aromatic rings. The topological polar surface area (TPSA) is 86.9 Å². The van der Waals surface area contributed by atoms with Crippen molar-refractivity contribution in [3.8, 4) is 28.7 Å². The molecule has 0 fully saturated rings. The molecule has 1 aliphatic rings. The molecule has 8 nitrogen and oxygen atoms in total. The molecule has 1 aliphatic heterocycles. The molecule has 0 atom stereocenters. The van der Waals surface area contributed by atoms with E-state index in [-0.39, 0.29) is 12.5 Å². The van der Waals surface area contributed by atoms with Crippen LogP contribution in [-0.4, -0.2) is 48.4 Å². The highest BCUT2D eigenvalue weighted by Crippen LogP contribution is 2.33. The monoisotopic (exact) mass is 395 g/mol. The Kier molecular flexibility index (Phi) is 5.33. The van der Waals surface area contributed by atoms with Crippen molar-refractivity contribution in [3.63, 3.8) is 0 Å². The van der Waals surface area contributed by atoms with Crippen LogP contribution in [0.3, 0.4) is 0 Å². The number of carbonyl (C=O) groups is 1. The number of hydrogen-bond acceptors (Lipinski definition) is 7. The van der Waals surface area contributed by atoms with Gasteiger partial charge in [-0.05, 0) is 53.9 Å². The van der Waals surface area contributed by atoms with Gasteiger partial charge in [0.15, 0.2) is 18.1 Å². The molecule has 0 unspecified atom stereocenters. The van der Waals surface area contributed by atoms with Gasteiger partial charge in [-0.25, -0.2) is 0 Å². The Labute approximate surface area is 168 Å². The molecule has 2 aromatic carbocycles. The highest BCUT2D eigenvalue weighted by Gasteiger charge is 2.23. The maximum atomic E-state index is 12.6. The first-order valence-electron chi connectivity index (χ1n) is 9.19. The number of benzene rings is 2. The van der Waals surface area contributed by atoms with Crippen LogP contribution in [0.5, 0.6) is 17.2 Å². The predicted molar refractivity (Wildman–Crippen MR) is 104 cm³/mol. The zero-order valence-corrected chi connectivity index (χ0v) is 16.3. The van der Waals surface area contributed by atoms with Crippen molar-refractivity contribution in [2.75, 3.05) is 27.4 Å². The average Bonchev–Trinajstić information content (AvgIpc) is 3.31. The van der Waals surface area contributed by atoms with E-state index in [1.54, 1.807) is 31.3 Å². The summed E-state index contributed by atoms with van der Waals surface area (Å²) in [6, 6.07) is 11.1. The molecule has 1 amide bonds. The van der Waals surface area contributed by atoms with Gasteiger partial charge in [-0.1, -0.05) is 0 Å². The minimum atomic E-state index is -0.0635. The molecular weight excluding hydrogens is 374 g/mol. The van der Waals surface area contributed by atoms with Crippen molar-refractivity contribution < 1.29 is 23.4 Å². The minimum Gasteiger partial charge on any atom is -0.493 e. The number of nitrogens with zero attached hydrogens (tertiary/aromatic N) is 3. The molecule has 0 N–H and O–H groups in total. The van der Waals surface area contributed by atoms with Gasteiger partial charge in [0.2, 0.25) is 12.3 Å². The first-order chi connectivity index (χ1) is 14.2. The summed E-state index contributed by atoms with van der Waals surface area (Å²) in [4.78, 5) is 14.4. The lowest BCUT2D eigenvalue weighted by atomic mass is 9.99. The van der Waals surface area contributed by atoms with Crippen molar-refractivity contribution >= 4 is 5.91 Å². The van der Waals surface area contributed by atoms with Crippen LogP contribution in [0.15, 0.2) is 47.2 Å². The maximum Gasteiger partial charge on any atom is 0.260 e. The molecule has 0 radical (unpaired) electrons. The summed E-state index contributed by atoms with van der Waals surface area (Å²) in [7, 11) is 3.22. The van der Waals surface area contributed by atoms with E-state index in [1.165, 1.54) is 12.0 Å². The van der Waals surface area contributed by atoms with Gasteiger partial charge in [-0.2, -0.15) is 0 Å². The van der Waals surface area contributed by atoms with Gasteiger partial charge in [0.05, 0.1) is 14.2 Å². The number of carbonyl (C=O) groups excluding carboxylic acids is 1. The third-order valence-electron chi connectivity index (χ3n) is 4.89. The van der Waals surface area contributed by atoms with Crippen LogP contribution >= 0.6 is 0 Å². The van der Waals surface area contributed by atoms with Crippen LogP contribution < -0.4 is 14.2 Å². The Balaban J connectivity index is 1.37. The number of methoxy groups -OCH3 is 2. The molecular formula is C21H21N3O5. The van der Waals surface area contributed by atoms with Crippen molar-refractivity contribution in [2.24, 2.45) is 0 Å². The number of ether oxygens (including phenoxy) is 3. The van der Waals surface area contributed by atoms with E-state index in [4.69, 9.17) is 18.6 Å². The van der Waals surface area contributed by atoms with E-state index in [1.807, 2.05) is 24.3 Å². The van der Waals surface area contributed by atoms with Crippen molar-refractivity contribution in [2.45, 2.75) is 13.0 Å². The van der Waals surface area contributed by atoms with E-state index < -0.39 is 0 Å². The second-order valence-corrected chi connectivity index (χ2v) is 6.60. The number of aromatic nitrogens is 2. The van der Waals surface area contributed by atoms with E-state index in [0.717, 1.165) is 17.5 Å². The first kappa shape index (κ1) is 18.8. The van der Waals surface area contributed by atoms with Crippen molar-refractivity contribution in [3.05, 3.63) is 53.9 Å². The van der Waals surface area contributed by atoms with Gasteiger partial charge in [0, 0.05) is 18.7 Å². The first-order valence-corrected chi connectivity index (χ1v) is 9.19. The number of rotatable bonds is 6. The Morgan fingerprint density at radius 3 is 2.48 bits per heavy atom. The van der Waals surface area contributed by atoms with Gasteiger partial charge < -0.3 is 23.5 Å². The van der Waals surface area contributed by atoms with Gasteiger partial charge in [-0.3, -0.25) is 4.79 Å². The molecule has 8 heteroatoms. The number of fused-ring (bicyclic) bond motifs is 1. The normalized spacial score (nSPS) is 13.0. The van der Waals surface area contributed by atoms with E-state index >= 15 is 0 Å². The van der Waals surface area contributed by atoms with Gasteiger partial charge >= 0.3 is 0 Å². The molecule has 0 saturated heterocycles. The fraction of sp³-hybridized carbons (Fsp3) is 0.286. The third kappa shape index (κ3) is 4.01. The Hall–Kier alpha value is -3.55. The smallest absolute Gasteiger partial charge is 0.260 e. The molecule has 150 valence electrons. The van der Waals surface area contributed by atoms with Gasteiger partial charge in [0.25, 0.3) is 5.91 Å². The Bertz CT molecular complexity index is 986. The molecule has 2 heterocycles. The minimum absolute atomic E-state index is 0.0253. The largest absolute Gasteiger partial charge is 0.493 e. The Morgan fingerprint density at radius 1 is 1.10 bits per heavy atom. The molecule has 0 spiro atoms. The van der Waals surface area contributed by atoms with Crippen molar-refractivity contribution in [1.82, 2.24) is 15.1 Å². The highest BCUT2D eigenvalue weighted by atomic mass is 16.5. The SMILES string of the molecule is COc1cc2c(cc1OC)CN(C(=O)COc1ccc(-c3nnco3)cc1)CC2. The van der Waals surface area contributed by atoms with Crippen LogP contribution in [-0.2, 0) is 17.8 Å². The molecule has 0 aliphatic carbocycles. The molecule has 4 rings (SSSR count). The highest BCUT2D eigenvalue weighted by molar-refractivity contribution is 5.78. The summed E-state index contributed by atoms with van der Waals surface area (Å²) >= 11 is 0. The Morgan fingerprint density at radius 2 is 1.83 bits per heavy atom. The number of hydrogen-bond donors (Lipinski definition) is 0.